The first-order valence-electron chi connectivity index (χ1n) is 14.1. The molecule has 0 aliphatic carbocycles. The van der Waals surface area contributed by atoms with Crippen LogP contribution >= 0.6 is 0 Å². The molecule has 0 saturated carbocycles. The Bertz CT molecular complexity index is 2090. The van der Waals surface area contributed by atoms with Gasteiger partial charge in [0, 0.05) is 23.0 Å². The van der Waals surface area contributed by atoms with E-state index in [1.807, 2.05) is 36.5 Å². The number of aromatic nitrogens is 3. The van der Waals surface area contributed by atoms with Gasteiger partial charge in [-0.05, 0) is 46.2 Å². The fourth-order valence-electron chi connectivity index (χ4n) is 5.61. The van der Waals surface area contributed by atoms with Crippen molar-refractivity contribution in [1.82, 2.24) is 14.5 Å². The number of fused-ring (bicyclic) bond motifs is 2. The number of hydrogen-bond donors (Lipinski definition) is 0. The van der Waals surface area contributed by atoms with Crippen LogP contribution in [0.25, 0.3) is 61.3 Å². The zero-order chi connectivity index (χ0) is 28.8. The van der Waals surface area contributed by atoms with Crippen LogP contribution in [-0.2, 0) is 39.1 Å². The Kier molecular flexibility index (Phi) is 7.77. The molecule has 2 aromatic heterocycles. The molecule has 0 bridgehead atoms. The minimum atomic E-state index is -0.00488. The first-order chi connectivity index (χ1) is 20.4. The number of nitrogens with zero attached hydrogens (tertiary/aromatic N) is 3. The maximum absolute atomic E-state index is 5.72. The summed E-state index contributed by atoms with van der Waals surface area (Å²) >= 11 is 5.72. The van der Waals surface area contributed by atoms with Gasteiger partial charge in [0.2, 0.25) is 0 Å². The van der Waals surface area contributed by atoms with Gasteiger partial charge in [-0.1, -0.05) is 105 Å². The Morgan fingerprint density at radius 2 is 1.40 bits per heavy atom. The predicted molar refractivity (Wildman–Crippen MR) is 176 cm³/mol. The van der Waals surface area contributed by atoms with Crippen molar-refractivity contribution in [1.29, 1.82) is 0 Å². The largest absolute Gasteiger partial charge is 2.00 e. The van der Waals surface area contributed by atoms with Gasteiger partial charge in [0.15, 0.2) is 0 Å². The monoisotopic (exact) mass is 754 g/mol. The molecule has 0 saturated heterocycles. The summed E-state index contributed by atoms with van der Waals surface area (Å²) in [4.78, 5) is 10.9. The zero-order valence-electron chi connectivity index (χ0n) is 24.1. The van der Waals surface area contributed by atoms with Gasteiger partial charge in [0.05, 0.1) is 16.9 Å². The number of rotatable bonds is 4. The first kappa shape index (κ1) is 29.0. The van der Waals surface area contributed by atoms with Crippen LogP contribution in [0.15, 0.2) is 126 Å². The third-order valence-electron chi connectivity index (χ3n) is 7.77. The van der Waals surface area contributed by atoms with E-state index < -0.39 is 0 Å². The van der Waals surface area contributed by atoms with Crippen LogP contribution in [0, 0.1) is 6.07 Å². The van der Waals surface area contributed by atoms with Crippen molar-refractivity contribution in [2.75, 3.05) is 0 Å². The van der Waals surface area contributed by atoms with Crippen LogP contribution in [0.3, 0.4) is 0 Å². The summed E-state index contributed by atoms with van der Waals surface area (Å²) in [7, 11) is 0. The van der Waals surface area contributed by atoms with Crippen molar-refractivity contribution in [3.8, 4) is 39.3 Å². The van der Waals surface area contributed by atoms with Crippen LogP contribution in [0.4, 0.5) is 0 Å². The maximum Gasteiger partial charge on any atom is 2.00 e. The molecule has 43 heavy (non-hydrogen) atoms. The molecule has 0 N–H and O–H groups in total. The maximum atomic E-state index is 5.72. The minimum absolute atomic E-state index is 0. The predicted octanol–water partition coefficient (Wildman–Crippen LogP) is 9.58. The zero-order valence-corrected chi connectivity index (χ0v) is 27.2. The summed E-state index contributed by atoms with van der Waals surface area (Å²) in [6.07, 6.45) is 1.86. The Morgan fingerprint density at radius 1 is 0.674 bits per heavy atom. The van der Waals surface area contributed by atoms with Gasteiger partial charge in [-0.2, -0.15) is 4.90 Å². The number of pyridine rings is 1. The summed E-state index contributed by atoms with van der Waals surface area (Å²) < 4.78 is 2.22. The molecule has 0 amide bonds. The molecule has 0 atom stereocenters. The van der Waals surface area contributed by atoms with E-state index in [2.05, 4.69) is 116 Å². The fraction of sp³-hybridized carbons (Fsp3) is 0.105. The fourth-order valence-corrected chi connectivity index (χ4v) is 5.87. The summed E-state index contributed by atoms with van der Waals surface area (Å²) in [5, 5.41) is 1.13. The van der Waals surface area contributed by atoms with Crippen LogP contribution in [0.1, 0.15) is 26.3 Å². The third kappa shape index (κ3) is 5.31. The normalized spacial score (nSPS) is 11.5. The second kappa shape index (κ2) is 11.5. The van der Waals surface area contributed by atoms with Gasteiger partial charge in [-0.25, -0.2) is 0 Å². The number of imidazole rings is 1. The molecule has 0 aliphatic rings. The van der Waals surface area contributed by atoms with Gasteiger partial charge in [0.1, 0.15) is 0 Å². The van der Waals surface area contributed by atoms with Crippen LogP contribution in [0.5, 0.6) is 0 Å². The Morgan fingerprint density at radius 3 is 2.19 bits per heavy atom. The number of para-hydroxylation sites is 2. The van der Waals surface area contributed by atoms with Gasteiger partial charge >= 0.3 is 21.1 Å². The second-order valence-electron chi connectivity index (χ2n) is 11.6. The molecular weight excluding hydrogens is 726 g/mol. The van der Waals surface area contributed by atoms with Crippen molar-refractivity contribution in [2.45, 2.75) is 31.1 Å². The first-order valence-corrected chi connectivity index (χ1v) is 14.5. The SMILES string of the molecule is CC(C)(C)c1cc(-c2[c-]c(-c3nc4c(-c5ccccc5[S-])cccc4n3-c3ccccc3)ccc2)c2ncccc2c1.[Pt+2]. The van der Waals surface area contributed by atoms with E-state index in [0.29, 0.717) is 0 Å². The van der Waals surface area contributed by atoms with Gasteiger partial charge in [-0.15, -0.1) is 29.8 Å². The quantitative estimate of drug-likeness (QED) is 0.133. The summed E-state index contributed by atoms with van der Waals surface area (Å²) in [5.41, 5.74) is 10.2. The molecule has 0 unspecified atom stereocenters. The molecular formula is C38H29N3PtS. The number of benzene rings is 5. The standard InChI is InChI=1S/C38H30N3S.Pt/c1-38(2,3)28-23-26-14-11-21-39-35(26)32(24-28)25-12-9-13-27(22-25)37-40-36-31(30-17-7-8-20-34(30)42)18-10-19-33(36)41(37)29-15-5-4-6-16-29;/h4-21,23-24,42H,1-3H3;/q-1;+2/p-1. The van der Waals surface area contributed by atoms with E-state index in [9.17, 15) is 0 Å². The van der Waals surface area contributed by atoms with Crippen molar-refractivity contribution in [3.05, 3.63) is 133 Å². The molecule has 0 spiro atoms. The van der Waals surface area contributed by atoms with E-state index in [1.54, 1.807) is 0 Å². The van der Waals surface area contributed by atoms with Gasteiger partial charge < -0.3 is 17.2 Å². The molecule has 3 nitrogen and oxygen atoms in total. The molecule has 7 aromatic rings. The molecule has 5 aromatic carbocycles. The van der Waals surface area contributed by atoms with Crippen LogP contribution in [0.2, 0.25) is 0 Å². The molecule has 7 rings (SSSR count). The van der Waals surface area contributed by atoms with E-state index in [-0.39, 0.29) is 26.5 Å². The Balaban J connectivity index is 0.00000329. The molecule has 0 fully saturated rings. The van der Waals surface area contributed by atoms with E-state index in [4.69, 9.17) is 22.6 Å². The van der Waals surface area contributed by atoms with Crippen LogP contribution < -0.4 is 0 Å². The van der Waals surface area contributed by atoms with E-state index >= 15 is 0 Å². The summed E-state index contributed by atoms with van der Waals surface area (Å²) in [6, 6.07) is 43.5. The smallest absolute Gasteiger partial charge is 0.779 e. The average molecular weight is 755 g/mol. The van der Waals surface area contributed by atoms with Crippen molar-refractivity contribution >= 4 is 34.6 Å². The Hall–Kier alpha value is -4.11. The number of hydrogen-bond acceptors (Lipinski definition) is 3. The summed E-state index contributed by atoms with van der Waals surface area (Å²) in [5.74, 6) is 0.830. The topological polar surface area (TPSA) is 30.7 Å². The van der Waals surface area contributed by atoms with Crippen molar-refractivity contribution in [2.24, 2.45) is 0 Å². The molecule has 5 heteroatoms. The molecule has 2 heterocycles. The summed E-state index contributed by atoms with van der Waals surface area (Å²) in [6.45, 7) is 6.74. The van der Waals surface area contributed by atoms with Gasteiger partial charge in [-0.3, -0.25) is 9.97 Å². The molecule has 212 valence electrons. The van der Waals surface area contributed by atoms with Crippen molar-refractivity contribution in [3.63, 3.8) is 0 Å². The van der Waals surface area contributed by atoms with Crippen molar-refractivity contribution < 1.29 is 21.1 Å². The Labute approximate surface area is 272 Å². The van der Waals surface area contributed by atoms with Gasteiger partial charge in [0.25, 0.3) is 0 Å². The molecule has 0 aliphatic heterocycles. The van der Waals surface area contributed by atoms with E-state index in [0.717, 1.165) is 66.2 Å². The van der Waals surface area contributed by atoms with Crippen LogP contribution in [-0.4, -0.2) is 14.5 Å². The average Bonchev–Trinajstić information content (AvgIpc) is 3.41. The molecule has 0 radical (unpaired) electrons. The third-order valence-corrected chi connectivity index (χ3v) is 8.13. The minimum Gasteiger partial charge on any atom is -0.779 e. The second-order valence-corrected chi connectivity index (χ2v) is 12.0. The van der Waals surface area contributed by atoms with E-state index in [1.165, 1.54) is 5.56 Å².